The van der Waals surface area contributed by atoms with Gasteiger partial charge in [0.1, 0.15) is 11.7 Å². The van der Waals surface area contributed by atoms with E-state index in [2.05, 4.69) is 5.32 Å². The summed E-state index contributed by atoms with van der Waals surface area (Å²) in [5.41, 5.74) is 1.42. The molecule has 1 atom stereocenters. The van der Waals surface area contributed by atoms with Crippen LogP contribution in [0.4, 0.5) is 0 Å². The molecule has 1 N–H and O–H groups in total. The van der Waals surface area contributed by atoms with Crippen molar-refractivity contribution in [1.82, 2.24) is 9.88 Å². The Labute approximate surface area is 133 Å². The van der Waals surface area contributed by atoms with E-state index in [1.54, 1.807) is 32.4 Å². The molecule has 0 aliphatic rings. The largest absolute Gasteiger partial charge is 0.374 e. The van der Waals surface area contributed by atoms with Crippen molar-refractivity contribution in [3.05, 3.63) is 55.6 Å². The number of rotatable bonds is 5. The molecule has 2 aromatic heterocycles. The van der Waals surface area contributed by atoms with Gasteiger partial charge in [0.25, 0.3) is 11.5 Å². The standard InChI is InChI=1S/C16H20N2O3S/c1-10-8-11(2)18(3)16(20)14(10)15(19)17-9-12(21-4)13-6-5-7-22-13/h5-8,12H,9H2,1-4H3,(H,17,19). The highest BCUT2D eigenvalue weighted by Gasteiger charge is 2.18. The molecule has 2 aromatic rings. The van der Waals surface area contributed by atoms with Crippen molar-refractivity contribution < 1.29 is 9.53 Å². The van der Waals surface area contributed by atoms with Crippen molar-refractivity contribution in [3.63, 3.8) is 0 Å². The molecule has 0 aliphatic heterocycles. The summed E-state index contributed by atoms with van der Waals surface area (Å²) in [6, 6.07) is 5.73. The van der Waals surface area contributed by atoms with E-state index in [0.29, 0.717) is 12.1 Å². The van der Waals surface area contributed by atoms with Crippen LogP contribution in [-0.4, -0.2) is 24.1 Å². The monoisotopic (exact) mass is 320 g/mol. The van der Waals surface area contributed by atoms with Gasteiger partial charge in [0.2, 0.25) is 0 Å². The predicted octanol–water partition coefficient (Wildman–Crippen LogP) is 2.18. The third-order valence-electron chi connectivity index (χ3n) is 3.69. The van der Waals surface area contributed by atoms with Gasteiger partial charge < -0.3 is 14.6 Å². The lowest BCUT2D eigenvalue weighted by molar-refractivity contribution is 0.0835. The molecular weight excluding hydrogens is 300 g/mol. The van der Waals surface area contributed by atoms with Crippen molar-refractivity contribution in [2.24, 2.45) is 7.05 Å². The minimum Gasteiger partial charge on any atom is -0.374 e. The van der Waals surface area contributed by atoms with E-state index in [-0.39, 0.29) is 23.1 Å². The molecule has 5 nitrogen and oxygen atoms in total. The molecule has 1 amide bonds. The number of thiophene rings is 1. The number of hydrogen-bond acceptors (Lipinski definition) is 4. The molecule has 0 radical (unpaired) electrons. The minimum absolute atomic E-state index is 0.189. The summed E-state index contributed by atoms with van der Waals surface area (Å²) < 4.78 is 6.88. The van der Waals surface area contributed by atoms with Crippen LogP contribution >= 0.6 is 11.3 Å². The molecule has 2 rings (SSSR count). The average molecular weight is 320 g/mol. The molecule has 0 spiro atoms. The fraction of sp³-hybridized carbons (Fsp3) is 0.375. The number of carbonyl (C=O) groups excluding carboxylic acids is 1. The van der Waals surface area contributed by atoms with Gasteiger partial charge in [-0.15, -0.1) is 11.3 Å². The number of ether oxygens (including phenoxy) is 1. The fourth-order valence-electron chi connectivity index (χ4n) is 2.30. The topological polar surface area (TPSA) is 60.3 Å². The SMILES string of the molecule is COC(CNC(=O)c1c(C)cc(C)n(C)c1=O)c1cccs1. The molecule has 6 heteroatoms. The average Bonchev–Trinajstić information content (AvgIpc) is 3.00. The zero-order chi connectivity index (χ0) is 16.3. The summed E-state index contributed by atoms with van der Waals surface area (Å²) >= 11 is 1.57. The number of pyridine rings is 1. The highest BCUT2D eigenvalue weighted by Crippen LogP contribution is 2.21. The third-order valence-corrected chi connectivity index (χ3v) is 4.65. The van der Waals surface area contributed by atoms with Gasteiger partial charge in [-0.2, -0.15) is 0 Å². The first-order valence-electron chi connectivity index (χ1n) is 6.97. The van der Waals surface area contributed by atoms with E-state index in [4.69, 9.17) is 4.74 Å². The molecule has 0 aromatic carbocycles. The molecule has 2 heterocycles. The van der Waals surface area contributed by atoms with Crippen LogP contribution in [0, 0.1) is 13.8 Å². The zero-order valence-corrected chi connectivity index (χ0v) is 14.0. The van der Waals surface area contributed by atoms with E-state index in [9.17, 15) is 9.59 Å². The number of hydrogen-bond donors (Lipinski definition) is 1. The fourth-order valence-corrected chi connectivity index (χ4v) is 3.11. The first-order chi connectivity index (χ1) is 10.5. The zero-order valence-electron chi connectivity index (χ0n) is 13.2. The highest BCUT2D eigenvalue weighted by molar-refractivity contribution is 7.10. The van der Waals surface area contributed by atoms with E-state index in [1.807, 2.05) is 30.5 Å². The molecule has 0 bridgehead atoms. The predicted molar refractivity (Wildman–Crippen MR) is 87.6 cm³/mol. The number of amides is 1. The number of nitrogens with zero attached hydrogens (tertiary/aromatic N) is 1. The van der Waals surface area contributed by atoms with Crippen LogP contribution in [0.25, 0.3) is 0 Å². The Morgan fingerprint density at radius 2 is 2.18 bits per heavy atom. The van der Waals surface area contributed by atoms with Crippen LogP contribution in [0.2, 0.25) is 0 Å². The summed E-state index contributed by atoms with van der Waals surface area (Å²) in [7, 11) is 3.27. The van der Waals surface area contributed by atoms with E-state index in [0.717, 1.165) is 10.6 Å². The molecule has 22 heavy (non-hydrogen) atoms. The Kier molecular flexibility index (Phi) is 5.15. The number of aryl methyl sites for hydroxylation is 2. The van der Waals surface area contributed by atoms with Crippen molar-refractivity contribution in [2.75, 3.05) is 13.7 Å². The van der Waals surface area contributed by atoms with Gasteiger partial charge in [-0.05, 0) is 36.9 Å². The van der Waals surface area contributed by atoms with Crippen molar-refractivity contribution in [3.8, 4) is 0 Å². The van der Waals surface area contributed by atoms with Gasteiger partial charge in [-0.3, -0.25) is 9.59 Å². The maximum absolute atomic E-state index is 12.4. The molecule has 0 fully saturated rings. The Balaban J connectivity index is 2.17. The third kappa shape index (κ3) is 3.28. The van der Waals surface area contributed by atoms with Crippen LogP contribution in [0.3, 0.4) is 0 Å². The molecule has 1 unspecified atom stereocenters. The second-order valence-corrected chi connectivity index (χ2v) is 6.14. The first-order valence-corrected chi connectivity index (χ1v) is 7.85. The second-order valence-electron chi connectivity index (χ2n) is 5.16. The number of methoxy groups -OCH3 is 1. The lowest BCUT2D eigenvalue weighted by atomic mass is 10.1. The van der Waals surface area contributed by atoms with Crippen molar-refractivity contribution in [1.29, 1.82) is 0 Å². The van der Waals surface area contributed by atoms with Gasteiger partial charge in [-0.1, -0.05) is 6.07 Å². The quantitative estimate of drug-likeness (QED) is 0.918. The Morgan fingerprint density at radius 3 is 2.77 bits per heavy atom. The molecular formula is C16H20N2O3S. The lowest BCUT2D eigenvalue weighted by Crippen LogP contribution is -2.36. The van der Waals surface area contributed by atoms with Crippen molar-refractivity contribution >= 4 is 17.2 Å². The van der Waals surface area contributed by atoms with E-state index in [1.165, 1.54) is 4.57 Å². The molecule has 118 valence electrons. The van der Waals surface area contributed by atoms with Gasteiger partial charge in [0.15, 0.2) is 0 Å². The van der Waals surface area contributed by atoms with Crippen molar-refractivity contribution in [2.45, 2.75) is 20.0 Å². The Morgan fingerprint density at radius 1 is 1.45 bits per heavy atom. The Bertz CT molecular complexity index is 720. The maximum atomic E-state index is 12.4. The normalized spacial score (nSPS) is 12.2. The number of nitrogens with one attached hydrogen (secondary N) is 1. The van der Waals surface area contributed by atoms with E-state index < -0.39 is 0 Å². The summed E-state index contributed by atoms with van der Waals surface area (Å²) in [6.45, 7) is 3.94. The van der Waals surface area contributed by atoms with Crippen LogP contribution in [0.1, 0.15) is 32.6 Å². The Hall–Kier alpha value is -1.92. The molecule has 0 aliphatic carbocycles. The summed E-state index contributed by atoms with van der Waals surface area (Å²) in [4.78, 5) is 25.7. The summed E-state index contributed by atoms with van der Waals surface area (Å²) in [6.07, 6.45) is -0.210. The summed E-state index contributed by atoms with van der Waals surface area (Å²) in [5, 5.41) is 4.76. The van der Waals surface area contributed by atoms with Crippen LogP contribution < -0.4 is 10.9 Å². The van der Waals surface area contributed by atoms with Crippen LogP contribution in [0.15, 0.2) is 28.4 Å². The van der Waals surface area contributed by atoms with Gasteiger partial charge in [-0.25, -0.2) is 0 Å². The lowest BCUT2D eigenvalue weighted by Gasteiger charge is -2.16. The van der Waals surface area contributed by atoms with Crippen LogP contribution in [0.5, 0.6) is 0 Å². The number of carbonyl (C=O) groups is 1. The molecule has 0 saturated carbocycles. The molecule has 0 saturated heterocycles. The maximum Gasteiger partial charge on any atom is 0.263 e. The second kappa shape index (κ2) is 6.89. The van der Waals surface area contributed by atoms with E-state index >= 15 is 0 Å². The minimum atomic E-state index is -0.364. The van der Waals surface area contributed by atoms with Gasteiger partial charge >= 0.3 is 0 Å². The summed E-state index contributed by atoms with van der Waals surface area (Å²) in [5.74, 6) is -0.364. The van der Waals surface area contributed by atoms with Crippen LogP contribution in [-0.2, 0) is 11.8 Å². The first kappa shape index (κ1) is 16.5. The van der Waals surface area contributed by atoms with Gasteiger partial charge in [0, 0.05) is 31.3 Å². The smallest absolute Gasteiger partial charge is 0.263 e. The van der Waals surface area contributed by atoms with Gasteiger partial charge in [0.05, 0.1) is 0 Å². The highest BCUT2D eigenvalue weighted by atomic mass is 32.1. The number of aromatic nitrogens is 1.